The maximum absolute atomic E-state index is 9.61. The third kappa shape index (κ3) is 56.6. The third-order valence-corrected chi connectivity index (χ3v) is 8.29. The van der Waals surface area contributed by atoms with Crippen LogP contribution in [0.3, 0.4) is 0 Å². The smallest absolute Gasteiger partial charge is 0.187 e. The van der Waals surface area contributed by atoms with E-state index in [0.29, 0.717) is 79.1 Å². The molecule has 9 unspecified atom stereocenters. The third-order valence-electron chi connectivity index (χ3n) is 8.29. The Bertz CT molecular complexity index is 862. The molecule has 17 nitrogen and oxygen atoms in total. The van der Waals surface area contributed by atoms with Gasteiger partial charge in [0.2, 0.25) is 0 Å². The summed E-state index contributed by atoms with van der Waals surface area (Å²) in [5, 5.41) is 35.1. The molecule has 3 saturated heterocycles. The van der Waals surface area contributed by atoms with Crippen LogP contribution in [0.2, 0.25) is 0 Å². The second-order valence-electron chi connectivity index (χ2n) is 14.2. The first-order valence-corrected chi connectivity index (χ1v) is 18.7. The SMILES string of the molecule is C.C.C.C.C.C.C.C.C.C.C.C.C.C.C.C.C.C.CCOC1OC1(C)CCOCC(O)CNC.CCOC1OC1(C)CCOCC(O)CNN(C)C.CCOC1OC1(C)CCOCC(O)CNN(C)C. The standard InChI is InChI=1S/2C12H26N2O4.C11H23NO4.18CH4/c2*1-5-17-11-12(2,18-11)6-7-16-9-10(15)8-13-14(3)4;1-4-15-10-11(2,16-10)5-6-14-8-9(13)7-12-3;;;;;;;;;;;;;;;;;;/h2*10-11,13,15H,5-9H2,1-4H3;9-10,12-13H,4-8H2,1-3H3;18*1H4. The first-order valence-electron chi connectivity index (χ1n) is 18.7. The molecule has 3 heterocycles. The van der Waals surface area contributed by atoms with Gasteiger partial charge in [0.1, 0.15) is 16.8 Å². The second-order valence-corrected chi connectivity index (χ2v) is 14.2. The van der Waals surface area contributed by atoms with Gasteiger partial charge in [0, 0.05) is 107 Å². The Morgan fingerprint density at radius 2 is 0.643 bits per heavy atom. The van der Waals surface area contributed by atoms with Gasteiger partial charge in [-0.3, -0.25) is 20.9 Å². The van der Waals surface area contributed by atoms with Crippen LogP contribution in [0.15, 0.2) is 0 Å². The lowest BCUT2D eigenvalue weighted by atomic mass is 10.1. The van der Waals surface area contributed by atoms with Crippen LogP contribution in [0.5, 0.6) is 0 Å². The average molecular weight is 1050 g/mol. The molecule has 70 heavy (non-hydrogen) atoms. The Morgan fingerprint density at radius 3 is 0.829 bits per heavy atom. The fraction of sp³-hybridized carbons (Fsp3) is 1.00. The van der Waals surface area contributed by atoms with Crippen molar-refractivity contribution in [3.63, 3.8) is 0 Å². The van der Waals surface area contributed by atoms with E-state index in [2.05, 4.69) is 16.2 Å². The summed E-state index contributed by atoms with van der Waals surface area (Å²) in [4.78, 5) is 0. The number of hydrogen-bond donors (Lipinski definition) is 6. The van der Waals surface area contributed by atoms with Crippen molar-refractivity contribution in [3.8, 4) is 0 Å². The summed E-state index contributed by atoms with van der Waals surface area (Å²) in [7, 11) is 9.33. The average Bonchev–Trinajstić information content (AvgIpc) is 4.03. The number of nitrogens with zero attached hydrogens (tertiary/aromatic N) is 2. The zero-order valence-electron chi connectivity index (χ0n) is 34.0. The van der Waals surface area contributed by atoms with E-state index in [4.69, 9.17) is 42.6 Å². The van der Waals surface area contributed by atoms with Gasteiger partial charge in [0.05, 0.1) is 38.1 Å². The van der Waals surface area contributed by atoms with Crippen molar-refractivity contribution in [2.24, 2.45) is 0 Å². The summed E-state index contributed by atoms with van der Waals surface area (Å²) >= 11 is 0. The predicted octanol–water partition coefficient (Wildman–Crippen LogP) is 11.5. The van der Waals surface area contributed by atoms with E-state index in [1.54, 1.807) is 17.1 Å². The van der Waals surface area contributed by atoms with E-state index in [1.165, 1.54) is 0 Å². The highest BCUT2D eigenvalue weighted by atomic mass is 16.8. The van der Waals surface area contributed by atoms with Crippen molar-refractivity contribution in [1.82, 2.24) is 26.2 Å². The molecule has 0 aromatic heterocycles. The number of epoxide rings is 3. The highest BCUT2D eigenvalue weighted by Crippen LogP contribution is 2.41. The molecule has 3 fully saturated rings. The van der Waals surface area contributed by atoms with Crippen LogP contribution in [0.1, 0.15) is 194 Å². The Hall–Kier alpha value is -0.680. The molecule has 17 heteroatoms. The molecular formula is C53H147N5O12. The van der Waals surface area contributed by atoms with E-state index in [1.807, 2.05) is 69.7 Å². The second kappa shape index (κ2) is 66.3. The lowest BCUT2D eigenvalue weighted by Gasteiger charge is -2.16. The van der Waals surface area contributed by atoms with Gasteiger partial charge in [0.25, 0.3) is 0 Å². The number of likely N-dealkylation sites (N-methyl/N-ethyl adjacent to an activating group) is 1. The summed E-state index contributed by atoms with van der Waals surface area (Å²) in [5.74, 6) is 0. The zero-order chi connectivity index (χ0) is 39.2. The molecule has 0 spiro atoms. The number of hydrazine groups is 2. The van der Waals surface area contributed by atoms with Crippen molar-refractivity contribution in [2.75, 3.05) is 114 Å². The predicted molar refractivity (Wildman–Crippen MR) is 318 cm³/mol. The molecule has 3 aliphatic rings. The summed E-state index contributed by atoms with van der Waals surface area (Å²) in [6.45, 7) is 18.2. The monoisotopic (exact) mass is 1050 g/mol. The van der Waals surface area contributed by atoms with Gasteiger partial charge in [0.15, 0.2) is 18.9 Å². The Kier molecular flexibility index (Phi) is 116. The fourth-order valence-electron chi connectivity index (χ4n) is 4.72. The summed E-state index contributed by atoms with van der Waals surface area (Å²) < 4.78 is 48.6. The summed E-state index contributed by atoms with van der Waals surface area (Å²) in [6.07, 6.45) is 0.661. The van der Waals surface area contributed by atoms with Crippen molar-refractivity contribution >= 4 is 0 Å². The van der Waals surface area contributed by atoms with Crippen LogP contribution in [-0.4, -0.2) is 194 Å². The van der Waals surface area contributed by atoms with Gasteiger partial charge in [-0.25, -0.2) is 0 Å². The van der Waals surface area contributed by atoms with Gasteiger partial charge in [-0.2, -0.15) is 0 Å². The molecule has 0 aromatic rings. The minimum absolute atomic E-state index is 0. The molecular weight excluding hydrogens is 899 g/mol. The fourth-order valence-corrected chi connectivity index (χ4v) is 4.72. The number of aliphatic hydroxyl groups is 3. The topological polar surface area (TPSA) is 196 Å². The quantitative estimate of drug-likeness (QED) is 0.0235. The van der Waals surface area contributed by atoms with Crippen LogP contribution in [-0.2, 0) is 42.6 Å². The minimum atomic E-state index is -0.497. The van der Waals surface area contributed by atoms with Gasteiger partial charge in [-0.05, 0) is 48.6 Å². The first-order chi connectivity index (χ1) is 24.6. The normalized spacial score (nSPS) is 21.7. The van der Waals surface area contributed by atoms with E-state index < -0.39 is 18.3 Å². The van der Waals surface area contributed by atoms with E-state index in [9.17, 15) is 15.3 Å². The Morgan fingerprint density at radius 1 is 0.429 bits per heavy atom. The van der Waals surface area contributed by atoms with E-state index in [-0.39, 0.29) is 169 Å². The van der Waals surface area contributed by atoms with Crippen LogP contribution in [0.4, 0.5) is 0 Å². The molecule has 0 saturated carbocycles. The number of ether oxygens (including phenoxy) is 9. The van der Waals surface area contributed by atoms with Crippen molar-refractivity contribution in [3.05, 3.63) is 0 Å². The molecule has 0 bridgehead atoms. The van der Waals surface area contributed by atoms with E-state index >= 15 is 0 Å². The van der Waals surface area contributed by atoms with Gasteiger partial charge < -0.3 is 63.3 Å². The summed E-state index contributed by atoms with van der Waals surface area (Å²) in [5.41, 5.74) is 5.39. The van der Waals surface area contributed by atoms with Crippen molar-refractivity contribution in [2.45, 2.75) is 248 Å². The first kappa shape index (κ1) is 123. The van der Waals surface area contributed by atoms with E-state index in [0.717, 1.165) is 19.3 Å². The maximum Gasteiger partial charge on any atom is 0.187 e. The molecule has 3 aliphatic heterocycles. The van der Waals surface area contributed by atoms with Gasteiger partial charge in [-0.1, -0.05) is 134 Å². The van der Waals surface area contributed by atoms with Crippen molar-refractivity contribution in [1.29, 1.82) is 0 Å². The number of nitrogens with one attached hydrogen (secondary N) is 3. The Labute approximate surface area is 445 Å². The lowest BCUT2D eigenvalue weighted by molar-refractivity contribution is 0.0225. The Balaban J connectivity index is -0.0000000321. The number of hydrogen-bond acceptors (Lipinski definition) is 17. The minimum Gasteiger partial charge on any atom is -0.389 e. The molecule has 6 N–H and O–H groups in total. The number of rotatable bonds is 29. The molecule has 0 aliphatic carbocycles. The lowest BCUT2D eigenvalue weighted by Crippen LogP contribution is -2.38. The van der Waals surface area contributed by atoms with Gasteiger partial charge >= 0.3 is 0 Å². The number of aliphatic hydroxyl groups excluding tert-OH is 3. The zero-order valence-corrected chi connectivity index (χ0v) is 34.0. The van der Waals surface area contributed by atoms with Crippen LogP contribution in [0, 0.1) is 0 Å². The maximum atomic E-state index is 9.61. The van der Waals surface area contributed by atoms with Crippen molar-refractivity contribution < 1.29 is 58.0 Å². The molecule has 0 radical (unpaired) electrons. The molecule has 0 aromatic carbocycles. The molecule has 9 atom stereocenters. The largest absolute Gasteiger partial charge is 0.389 e. The molecule has 456 valence electrons. The highest BCUT2D eigenvalue weighted by molar-refractivity contribution is 4.94. The molecule has 0 amide bonds. The van der Waals surface area contributed by atoms with Gasteiger partial charge in [-0.15, -0.1) is 0 Å². The summed E-state index contributed by atoms with van der Waals surface area (Å²) in [6, 6.07) is 0. The highest BCUT2D eigenvalue weighted by Gasteiger charge is 2.54. The van der Waals surface area contributed by atoms with Crippen LogP contribution >= 0.6 is 0 Å². The molecule has 3 rings (SSSR count). The van der Waals surface area contributed by atoms with Crippen LogP contribution in [0.25, 0.3) is 0 Å². The van der Waals surface area contributed by atoms with Crippen LogP contribution < -0.4 is 16.2 Å².